The van der Waals surface area contributed by atoms with E-state index in [0.717, 1.165) is 17.9 Å². The number of nitrogens with one attached hydrogen (secondary N) is 1. The second-order valence-electron chi connectivity index (χ2n) is 5.50. The molecular formula is C19H21N3O2. The largest absolute Gasteiger partial charge is 0.484 e. The first-order chi connectivity index (χ1) is 11.7. The highest BCUT2D eigenvalue weighted by Gasteiger charge is 2.11. The second-order valence-corrected chi connectivity index (χ2v) is 5.50. The van der Waals surface area contributed by atoms with Gasteiger partial charge >= 0.3 is 0 Å². The zero-order valence-corrected chi connectivity index (χ0v) is 13.5. The molecule has 5 N–H and O–H groups in total. The van der Waals surface area contributed by atoms with Crippen LogP contribution in [0, 0.1) is 0 Å². The first-order valence-electron chi connectivity index (χ1n) is 7.88. The molecule has 1 heterocycles. The van der Waals surface area contributed by atoms with E-state index in [0.29, 0.717) is 22.9 Å². The van der Waals surface area contributed by atoms with Crippen LogP contribution in [0.4, 0.5) is 11.4 Å². The lowest BCUT2D eigenvalue weighted by molar-refractivity contribution is 0.197. The molecule has 0 radical (unpaired) electrons. The van der Waals surface area contributed by atoms with Gasteiger partial charge in [0.25, 0.3) is 0 Å². The number of anilines is 2. The molecule has 5 heteroatoms. The Morgan fingerprint density at radius 3 is 2.25 bits per heavy atom. The van der Waals surface area contributed by atoms with E-state index in [1.54, 1.807) is 18.2 Å². The molecule has 3 aromatic rings. The topological polar surface area (TPSA) is 86.3 Å². The highest BCUT2D eigenvalue weighted by atomic mass is 16.5. The van der Waals surface area contributed by atoms with Gasteiger partial charge in [0.05, 0.1) is 17.1 Å². The van der Waals surface area contributed by atoms with Crippen molar-refractivity contribution in [2.45, 2.75) is 19.4 Å². The van der Waals surface area contributed by atoms with Crippen molar-refractivity contribution in [3.05, 3.63) is 66.5 Å². The fourth-order valence-corrected chi connectivity index (χ4v) is 2.41. The van der Waals surface area contributed by atoms with Crippen LogP contribution in [0.25, 0.3) is 0 Å². The summed E-state index contributed by atoms with van der Waals surface area (Å²) in [5.41, 5.74) is 13.6. The van der Waals surface area contributed by atoms with Gasteiger partial charge in [-0.05, 0) is 55.0 Å². The van der Waals surface area contributed by atoms with E-state index in [4.69, 9.17) is 20.9 Å². The van der Waals surface area contributed by atoms with Gasteiger partial charge < -0.3 is 25.9 Å². The summed E-state index contributed by atoms with van der Waals surface area (Å²) in [5, 5.41) is 0. The molecule has 0 aliphatic heterocycles. The summed E-state index contributed by atoms with van der Waals surface area (Å²) < 4.78 is 11.8. The molecule has 0 saturated heterocycles. The van der Waals surface area contributed by atoms with Crippen LogP contribution < -0.4 is 20.9 Å². The summed E-state index contributed by atoms with van der Waals surface area (Å²) >= 11 is 0. The Bertz CT molecular complexity index is 783. The van der Waals surface area contributed by atoms with Crippen LogP contribution >= 0.6 is 0 Å². The molecule has 124 valence electrons. The zero-order chi connectivity index (χ0) is 16.9. The van der Waals surface area contributed by atoms with Crippen LogP contribution in [0.15, 0.2) is 60.8 Å². The minimum absolute atomic E-state index is 0.00339. The molecule has 0 fully saturated rings. The molecule has 0 bridgehead atoms. The third kappa shape index (κ3) is 3.63. The SMILES string of the molecule is CCC(Oc1ccc(Oc2ccc(N)c(N)c2)cc1)c1ccc[nH]1. The monoisotopic (exact) mass is 323 g/mol. The van der Waals surface area contributed by atoms with E-state index in [2.05, 4.69) is 11.9 Å². The van der Waals surface area contributed by atoms with E-state index in [9.17, 15) is 0 Å². The number of H-pyrrole nitrogens is 1. The van der Waals surface area contributed by atoms with Crippen molar-refractivity contribution in [1.29, 1.82) is 0 Å². The quantitative estimate of drug-likeness (QED) is 0.583. The van der Waals surface area contributed by atoms with E-state index in [1.165, 1.54) is 0 Å². The first kappa shape index (κ1) is 15.8. The van der Waals surface area contributed by atoms with Crippen molar-refractivity contribution in [3.63, 3.8) is 0 Å². The van der Waals surface area contributed by atoms with Gasteiger partial charge in [0.1, 0.15) is 23.4 Å². The van der Waals surface area contributed by atoms with Gasteiger partial charge in [-0.3, -0.25) is 0 Å². The van der Waals surface area contributed by atoms with Crippen LogP contribution in [0.2, 0.25) is 0 Å². The highest BCUT2D eigenvalue weighted by molar-refractivity contribution is 5.65. The molecule has 0 amide bonds. The Labute approximate surface area is 141 Å². The van der Waals surface area contributed by atoms with Gasteiger partial charge in [-0.15, -0.1) is 0 Å². The van der Waals surface area contributed by atoms with E-state index in [1.807, 2.05) is 42.6 Å². The maximum Gasteiger partial charge on any atom is 0.138 e. The molecule has 2 aromatic carbocycles. The van der Waals surface area contributed by atoms with Crippen LogP contribution in [-0.2, 0) is 0 Å². The van der Waals surface area contributed by atoms with Crippen molar-refractivity contribution >= 4 is 11.4 Å². The minimum atomic E-state index is 0.00339. The number of hydrogen-bond donors (Lipinski definition) is 3. The van der Waals surface area contributed by atoms with Crippen LogP contribution in [0.5, 0.6) is 17.2 Å². The van der Waals surface area contributed by atoms with E-state index < -0.39 is 0 Å². The van der Waals surface area contributed by atoms with Gasteiger partial charge in [0.15, 0.2) is 0 Å². The third-order valence-electron chi connectivity index (χ3n) is 3.74. The Morgan fingerprint density at radius 1 is 0.917 bits per heavy atom. The number of aromatic amines is 1. The number of hydrogen-bond acceptors (Lipinski definition) is 4. The summed E-state index contributed by atoms with van der Waals surface area (Å²) in [4.78, 5) is 3.19. The lowest BCUT2D eigenvalue weighted by atomic mass is 10.2. The van der Waals surface area contributed by atoms with E-state index >= 15 is 0 Å². The molecular weight excluding hydrogens is 302 g/mol. The smallest absolute Gasteiger partial charge is 0.138 e. The Morgan fingerprint density at radius 2 is 1.62 bits per heavy atom. The highest BCUT2D eigenvalue weighted by Crippen LogP contribution is 2.29. The summed E-state index contributed by atoms with van der Waals surface area (Å²) in [6, 6.07) is 16.7. The third-order valence-corrected chi connectivity index (χ3v) is 3.74. The molecule has 0 spiro atoms. The summed E-state index contributed by atoms with van der Waals surface area (Å²) in [7, 11) is 0. The Balaban J connectivity index is 1.67. The van der Waals surface area contributed by atoms with Crippen LogP contribution in [0.1, 0.15) is 25.1 Å². The summed E-state index contributed by atoms with van der Waals surface area (Å²) in [6.45, 7) is 2.09. The van der Waals surface area contributed by atoms with Gasteiger partial charge in [-0.25, -0.2) is 0 Å². The molecule has 0 aliphatic rings. The molecule has 24 heavy (non-hydrogen) atoms. The number of nitrogens with two attached hydrogens (primary N) is 2. The van der Waals surface area contributed by atoms with Crippen molar-refractivity contribution < 1.29 is 9.47 Å². The minimum Gasteiger partial charge on any atom is -0.484 e. The van der Waals surface area contributed by atoms with Gasteiger partial charge in [-0.2, -0.15) is 0 Å². The predicted molar refractivity (Wildman–Crippen MR) is 96.2 cm³/mol. The van der Waals surface area contributed by atoms with Crippen LogP contribution in [-0.4, -0.2) is 4.98 Å². The summed E-state index contributed by atoms with van der Waals surface area (Å²) in [6.07, 6.45) is 2.78. The van der Waals surface area contributed by atoms with Crippen molar-refractivity contribution in [3.8, 4) is 17.2 Å². The van der Waals surface area contributed by atoms with Gasteiger partial charge in [0, 0.05) is 12.3 Å². The predicted octanol–water partition coefficient (Wildman–Crippen LogP) is 4.50. The zero-order valence-electron chi connectivity index (χ0n) is 13.5. The molecule has 0 saturated carbocycles. The number of nitrogen functional groups attached to an aromatic ring is 2. The molecule has 1 atom stereocenters. The second kappa shape index (κ2) is 7.00. The number of aromatic nitrogens is 1. The maximum atomic E-state index is 6.02. The normalized spacial score (nSPS) is 11.9. The molecule has 1 unspecified atom stereocenters. The number of rotatable bonds is 6. The summed E-state index contributed by atoms with van der Waals surface area (Å²) in [5.74, 6) is 2.15. The van der Waals surface area contributed by atoms with Gasteiger partial charge in [0.2, 0.25) is 0 Å². The number of benzene rings is 2. The molecule has 1 aromatic heterocycles. The van der Waals surface area contributed by atoms with Gasteiger partial charge in [-0.1, -0.05) is 6.92 Å². The number of ether oxygens (including phenoxy) is 2. The standard InChI is InChI=1S/C19H21N3O2/c1-2-19(18-4-3-11-22-18)24-14-7-5-13(6-8-14)23-15-9-10-16(20)17(21)12-15/h3-12,19,22H,2,20-21H2,1H3. The average molecular weight is 323 g/mol. The lowest BCUT2D eigenvalue weighted by Gasteiger charge is -2.16. The Kier molecular flexibility index (Phi) is 4.61. The molecule has 3 rings (SSSR count). The fraction of sp³-hybridized carbons (Fsp3) is 0.158. The van der Waals surface area contributed by atoms with Crippen molar-refractivity contribution in [2.24, 2.45) is 0 Å². The van der Waals surface area contributed by atoms with Crippen LogP contribution in [0.3, 0.4) is 0 Å². The first-order valence-corrected chi connectivity index (χ1v) is 7.88. The fourth-order valence-electron chi connectivity index (χ4n) is 2.41. The Hall–Kier alpha value is -3.08. The van der Waals surface area contributed by atoms with E-state index in [-0.39, 0.29) is 6.10 Å². The molecule has 0 aliphatic carbocycles. The lowest BCUT2D eigenvalue weighted by Crippen LogP contribution is -2.06. The van der Waals surface area contributed by atoms with Crippen molar-refractivity contribution in [2.75, 3.05) is 11.5 Å². The van der Waals surface area contributed by atoms with Crippen molar-refractivity contribution in [1.82, 2.24) is 4.98 Å². The maximum absolute atomic E-state index is 6.02. The average Bonchev–Trinajstić information content (AvgIpc) is 3.12. The molecule has 5 nitrogen and oxygen atoms in total.